The molecule has 0 bridgehead atoms. The lowest BCUT2D eigenvalue weighted by molar-refractivity contribution is -0.140. The Hall–Kier alpha value is -3.35. The zero-order chi connectivity index (χ0) is 21.8. The number of ether oxygens (including phenoxy) is 1. The Balaban J connectivity index is 1.38. The minimum atomic E-state index is -4.45. The van der Waals surface area contributed by atoms with E-state index in [-0.39, 0.29) is 23.8 Å². The fourth-order valence-electron chi connectivity index (χ4n) is 3.64. The van der Waals surface area contributed by atoms with Crippen molar-refractivity contribution in [1.29, 1.82) is 0 Å². The lowest BCUT2D eigenvalue weighted by Gasteiger charge is -2.39. The van der Waals surface area contributed by atoms with Crippen molar-refractivity contribution >= 4 is 5.91 Å². The van der Waals surface area contributed by atoms with E-state index in [0.717, 1.165) is 29.5 Å². The molecule has 1 aliphatic rings. The molecule has 0 radical (unpaired) electrons. The lowest BCUT2D eigenvalue weighted by Crippen LogP contribution is -2.56. The smallest absolute Gasteiger partial charge is 0.416 e. The van der Waals surface area contributed by atoms with Crippen molar-refractivity contribution in [2.75, 3.05) is 13.1 Å². The molecule has 0 spiro atoms. The number of rotatable bonds is 6. The summed E-state index contributed by atoms with van der Waals surface area (Å²) in [6.45, 7) is 0.653. The van der Waals surface area contributed by atoms with Crippen molar-refractivity contribution in [3.63, 3.8) is 0 Å². The largest absolute Gasteiger partial charge is 0.471 e. The predicted molar refractivity (Wildman–Crippen MR) is 110 cm³/mol. The van der Waals surface area contributed by atoms with E-state index in [1.54, 1.807) is 4.90 Å². The molecule has 1 saturated heterocycles. The molecule has 0 saturated carbocycles. The standard InChI is InChI=1S/C24H21F3N2O2/c25-24(26,27)19-11-12-28-22(13-19)31-20-15-29(16-20)23(30)14-21(17-7-3-1-4-8-17)18-9-5-2-6-10-18/h1-13,20-21H,14-16H2. The van der Waals surface area contributed by atoms with Crippen molar-refractivity contribution in [3.8, 4) is 5.88 Å². The Labute approximate surface area is 178 Å². The first-order chi connectivity index (χ1) is 14.9. The van der Waals surface area contributed by atoms with Gasteiger partial charge in [0.05, 0.1) is 18.7 Å². The van der Waals surface area contributed by atoms with Gasteiger partial charge in [0.2, 0.25) is 11.8 Å². The van der Waals surface area contributed by atoms with Gasteiger partial charge in [0.15, 0.2) is 0 Å². The Morgan fingerprint density at radius 3 is 2.13 bits per heavy atom. The van der Waals surface area contributed by atoms with Crippen molar-refractivity contribution in [1.82, 2.24) is 9.88 Å². The van der Waals surface area contributed by atoms with Gasteiger partial charge in [-0.2, -0.15) is 13.2 Å². The molecule has 1 amide bonds. The van der Waals surface area contributed by atoms with E-state index in [9.17, 15) is 18.0 Å². The lowest BCUT2D eigenvalue weighted by atomic mass is 9.88. The molecule has 1 fully saturated rings. The molecule has 2 heterocycles. The molecule has 4 rings (SSSR count). The van der Waals surface area contributed by atoms with E-state index in [1.807, 2.05) is 60.7 Å². The van der Waals surface area contributed by atoms with Gasteiger partial charge in [-0.05, 0) is 17.2 Å². The van der Waals surface area contributed by atoms with Crippen LogP contribution < -0.4 is 4.74 Å². The molecule has 0 aliphatic carbocycles. The van der Waals surface area contributed by atoms with Crippen LogP contribution in [0.5, 0.6) is 5.88 Å². The second-order valence-electron chi connectivity index (χ2n) is 7.50. The van der Waals surface area contributed by atoms with Gasteiger partial charge < -0.3 is 9.64 Å². The topological polar surface area (TPSA) is 42.4 Å². The maximum absolute atomic E-state index is 12.9. The number of amides is 1. The van der Waals surface area contributed by atoms with Gasteiger partial charge in [0.1, 0.15) is 6.10 Å². The third kappa shape index (κ3) is 5.05. The predicted octanol–water partition coefficient (Wildman–Crippen LogP) is 4.91. The van der Waals surface area contributed by atoms with E-state index in [0.29, 0.717) is 19.5 Å². The molecule has 31 heavy (non-hydrogen) atoms. The Morgan fingerprint density at radius 1 is 1.00 bits per heavy atom. The van der Waals surface area contributed by atoms with E-state index in [2.05, 4.69) is 4.98 Å². The van der Waals surface area contributed by atoms with Gasteiger partial charge >= 0.3 is 6.18 Å². The molecule has 160 valence electrons. The van der Waals surface area contributed by atoms with Gasteiger partial charge in [-0.25, -0.2) is 4.98 Å². The van der Waals surface area contributed by atoms with Crippen LogP contribution in [0.3, 0.4) is 0 Å². The van der Waals surface area contributed by atoms with Crippen molar-refractivity contribution < 1.29 is 22.7 Å². The van der Waals surface area contributed by atoms with E-state index >= 15 is 0 Å². The van der Waals surface area contributed by atoms with Crippen LogP contribution in [-0.2, 0) is 11.0 Å². The first-order valence-corrected chi connectivity index (χ1v) is 9.98. The maximum atomic E-state index is 12.9. The second kappa shape index (κ2) is 8.79. The fourth-order valence-corrected chi connectivity index (χ4v) is 3.64. The number of alkyl halides is 3. The quantitative estimate of drug-likeness (QED) is 0.562. The average molecular weight is 426 g/mol. The number of hydrogen-bond donors (Lipinski definition) is 0. The minimum absolute atomic E-state index is 0.0189. The van der Waals surface area contributed by atoms with Crippen LogP contribution in [0.2, 0.25) is 0 Å². The van der Waals surface area contributed by atoms with Gasteiger partial charge in [-0.3, -0.25) is 4.79 Å². The third-order valence-electron chi connectivity index (χ3n) is 5.33. The molecular weight excluding hydrogens is 405 g/mol. The third-order valence-corrected chi connectivity index (χ3v) is 5.33. The summed E-state index contributed by atoms with van der Waals surface area (Å²) >= 11 is 0. The highest BCUT2D eigenvalue weighted by atomic mass is 19.4. The van der Waals surface area contributed by atoms with Crippen molar-refractivity contribution in [3.05, 3.63) is 95.7 Å². The molecule has 1 aliphatic heterocycles. The highest BCUT2D eigenvalue weighted by Crippen LogP contribution is 2.32. The Bertz CT molecular complexity index is 980. The molecular formula is C24H21F3N2O2. The Morgan fingerprint density at radius 2 is 1.58 bits per heavy atom. The number of benzene rings is 2. The summed E-state index contributed by atoms with van der Waals surface area (Å²) in [5, 5.41) is 0. The summed E-state index contributed by atoms with van der Waals surface area (Å²) in [6.07, 6.45) is -3.44. The summed E-state index contributed by atoms with van der Waals surface area (Å²) in [4.78, 5) is 18.4. The van der Waals surface area contributed by atoms with Gasteiger partial charge in [-0.15, -0.1) is 0 Å². The van der Waals surface area contributed by atoms with E-state index < -0.39 is 11.7 Å². The highest BCUT2D eigenvalue weighted by molar-refractivity contribution is 5.78. The molecule has 3 aromatic rings. The van der Waals surface area contributed by atoms with Crippen molar-refractivity contribution in [2.45, 2.75) is 24.6 Å². The SMILES string of the molecule is O=C(CC(c1ccccc1)c1ccccc1)N1CC(Oc2cc(C(F)(F)F)ccn2)C1. The summed E-state index contributed by atoms with van der Waals surface area (Å²) in [5.41, 5.74) is 1.31. The molecule has 1 aromatic heterocycles. The van der Waals surface area contributed by atoms with E-state index in [1.165, 1.54) is 0 Å². The van der Waals surface area contributed by atoms with Crippen LogP contribution in [0, 0.1) is 0 Å². The average Bonchev–Trinajstić information content (AvgIpc) is 2.75. The maximum Gasteiger partial charge on any atom is 0.416 e. The number of pyridine rings is 1. The van der Waals surface area contributed by atoms with Crippen LogP contribution in [0.25, 0.3) is 0 Å². The number of carbonyl (C=O) groups excluding carboxylic acids is 1. The molecule has 2 aromatic carbocycles. The normalized spacial score (nSPS) is 14.4. The summed E-state index contributed by atoms with van der Waals surface area (Å²) in [5.74, 6) is -0.173. The highest BCUT2D eigenvalue weighted by Gasteiger charge is 2.35. The van der Waals surface area contributed by atoms with Crippen LogP contribution >= 0.6 is 0 Å². The number of nitrogens with zero attached hydrogens (tertiary/aromatic N) is 2. The molecule has 4 nitrogen and oxygen atoms in total. The summed E-state index contributed by atoms with van der Waals surface area (Å²) in [6, 6.07) is 21.5. The first kappa shape index (κ1) is 20.9. The second-order valence-corrected chi connectivity index (χ2v) is 7.50. The monoisotopic (exact) mass is 426 g/mol. The summed E-state index contributed by atoms with van der Waals surface area (Å²) < 4.78 is 44.0. The zero-order valence-corrected chi connectivity index (χ0v) is 16.6. The Kier molecular flexibility index (Phi) is 5.93. The number of hydrogen-bond acceptors (Lipinski definition) is 3. The molecule has 0 atom stereocenters. The van der Waals surface area contributed by atoms with E-state index in [4.69, 9.17) is 4.74 Å². The fraction of sp³-hybridized carbons (Fsp3) is 0.250. The number of halogens is 3. The number of aromatic nitrogens is 1. The number of likely N-dealkylation sites (tertiary alicyclic amines) is 1. The molecule has 0 unspecified atom stereocenters. The van der Waals surface area contributed by atoms with Gasteiger partial charge in [-0.1, -0.05) is 60.7 Å². The zero-order valence-electron chi connectivity index (χ0n) is 16.6. The van der Waals surface area contributed by atoms with Crippen LogP contribution in [0.4, 0.5) is 13.2 Å². The van der Waals surface area contributed by atoms with Crippen LogP contribution in [-0.4, -0.2) is 35.0 Å². The van der Waals surface area contributed by atoms with Gasteiger partial charge in [0, 0.05) is 24.6 Å². The molecule has 0 N–H and O–H groups in total. The van der Waals surface area contributed by atoms with Crippen LogP contribution in [0.15, 0.2) is 79.0 Å². The summed E-state index contributed by atoms with van der Waals surface area (Å²) in [7, 11) is 0. The van der Waals surface area contributed by atoms with Crippen molar-refractivity contribution in [2.24, 2.45) is 0 Å². The molecule has 7 heteroatoms. The van der Waals surface area contributed by atoms with Gasteiger partial charge in [0.25, 0.3) is 0 Å². The number of carbonyl (C=O) groups is 1. The first-order valence-electron chi connectivity index (χ1n) is 9.98. The minimum Gasteiger partial charge on any atom is -0.471 e. The van der Waals surface area contributed by atoms with Crippen LogP contribution in [0.1, 0.15) is 29.0 Å².